The lowest BCUT2D eigenvalue weighted by Gasteiger charge is -2.23. The van der Waals surface area contributed by atoms with Gasteiger partial charge in [-0.1, -0.05) is 23.7 Å². The molecule has 0 radical (unpaired) electrons. The Kier molecular flexibility index (Phi) is 6.12. The Balaban J connectivity index is 1.81. The average molecular weight is 456 g/mol. The number of carbonyl (C=O) groups is 2. The van der Waals surface area contributed by atoms with Crippen LogP contribution in [-0.4, -0.2) is 42.7 Å². The number of rotatable bonds is 4. The quantitative estimate of drug-likeness (QED) is 0.679. The van der Waals surface area contributed by atoms with Gasteiger partial charge in [-0.25, -0.2) is 9.80 Å². The molecule has 2 amide bonds. The molecule has 1 aliphatic heterocycles. The maximum Gasteiger partial charge on any atom is 0.573 e. The van der Waals surface area contributed by atoms with Crippen LogP contribution < -0.4 is 10.1 Å². The minimum atomic E-state index is -4.81. The largest absolute Gasteiger partial charge is 0.573 e. The summed E-state index contributed by atoms with van der Waals surface area (Å²) in [6, 6.07) is 10.5. The first kappa shape index (κ1) is 22.4. The van der Waals surface area contributed by atoms with E-state index < -0.39 is 29.5 Å². The number of alkyl halides is 3. The number of anilines is 1. The Labute approximate surface area is 180 Å². The molecular weight excluding hydrogens is 439 g/mol. The number of ether oxygens (including phenoxy) is 2. The summed E-state index contributed by atoms with van der Waals surface area (Å²) < 4.78 is 45.5. The van der Waals surface area contributed by atoms with Crippen molar-refractivity contribution in [3.8, 4) is 5.75 Å². The number of urea groups is 1. The van der Waals surface area contributed by atoms with Crippen LogP contribution in [0, 0.1) is 5.41 Å². The molecule has 0 fully saturated rings. The van der Waals surface area contributed by atoms with Crippen molar-refractivity contribution in [1.82, 2.24) is 5.01 Å². The van der Waals surface area contributed by atoms with E-state index >= 15 is 0 Å². The molecule has 11 heteroatoms. The SMILES string of the molecule is COC(=O)C1(C)CN(C(=O)Nc2ccc(OC(F)(F)F)cc2)N=C1c1ccc(Cl)cc1. The van der Waals surface area contributed by atoms with Crippen molar-refractivity contribution in [1.29, 1.82) is 0 Å². The summed E-state index contributed by atoms with van der Waals surface area (Å²) in [7, 11) is 1.24. The lowest BCUT2D eigenvalue weighted by atomic mass is 9.82. The summed E-state index contributed by atoms with van der Waals surface area (Å²) in [6.45, 7) is 1.50. The Hall–Kier alpha value is -3.27. The van der Waals surface area contributed by atoms with Gasteiger partial charge < -0.3 is 14.8 Å². The average Bonchev–Trinajstić information content (AvgIpc) is 3.07. The number of nitrogens with one attached hydrogen (secondary N) is 1. The molecule has 0 aromatic heterocycles. The van der Waals surface area contributed by atoms with Crippen LogP contribution in [0.25, 0.3) is 0 Å². The molecule has 1 aliphatic rings. The van der Waals surface area contributed by atoms with E-state index in [1.54, 1.807) is 31.2 Å². The third kappa shape index (κ3) is 5.08. The predicted octanol–water partition coefficient (Wildman–Crippen LogP) is 4.67. The highest BCUT2D eigenvalue weighted by atomic mass is 35.5. The lowest BCUT2D eigenvalue weighted by molar-refractivity contribution is -0.274. The number of hydrogen-bond acceptors (Lipinski definition) is 5. The minimum absolute atomic E-state index is 0.0985. The summed E-state index contributed by atoms with van der Waals surface area (Å²) in [5, 5.41) is 8.36. The maximum absolute atomic E-state index is 12.7. The van der Waals surface area contributed by atoms with Gasteiger partial charge >= 0.3 is 18.4 Å². The normalized spacial score (nSPS) is 18.4. The third-order valence-electron chi connectivity index (χ3n) is 4.54. The van der Waals surface area contributed by atoms with Crippen LogP contribution in [0.15, 0.2) is 53.6 Å². The molecule has 164 valence electrons. The highest BCUT2D eigenvalue weighted by Crippen LogP contribution is 2.33. The number of hydrazone groups is 1. The Morgan fingerprint density at radius 2 is 1.74 bits per heavy atom. The molecule has 31 heavy (non-hydrogen) atoms. The second-order valence-corrected chi connectivity index (χ2v) is 7.28. The molecule has 0 aliphatic carbocycles. The number of esters is 1. The van der Waals surface area contributed by atoms with E-state index in [4.69, 9.17) is 16.3 Å². The Morgan fingerprint density at radius 1 is 1.13 bits per heavy atom. The molecule has 0 saturated heterocycles. The first-order chi connectivity index (χ1) is 14.5. The summed E-state index contributed by atoms with van der Waals surface area (Å²) in [5.41, 5.74) is -0.111. The molecule has 1 N–H and O–H groups in total. The number of carbonyl (C=O) groups excluding carboxylic acids is 2. The van der Waals surface area contributed by atoms with Gasteiger partial charge in [0.25, 0.3) is 0 Å². The van der Waals surface area contributed by atoms with Crippen molar-refractivity contribution in [2.24, 2.45) is 10.5 Å². The van der Waals surface area contributed by atoms with Gasteiger partial charge in [0.2, 0.25) is 0 Å². The Morgan fingerprint density at radius 3 is 2.29 bits per heavy atom. The van der Waals surface area contributed by atoms with Crippen molar-refractivity contribution >= 4 is 35.0 Å². The molecular formula is C20H17ClF3N3O4. The smallest absolute Gasteiger partial charge is 0.468 e. The molecule has 0 spiro atoms. The fourth-order valence-electron chi connectivity index (χ4n) is 3.06. The van der Waals surface area contributed by atoms with Crippen molar-refractivity contribution < 1.29 is 32.2 Å². The predicted molar refractivity (Wildman–Crippen MR) is 107 cm³/mol. The second kappa shape index (κ2) is 8.46. The van der Waals surface area contributed by atoms with Crippen LogP contribution in [0.3, 0.4) is 0 Å². The van der Waals surface area contributed by atoms with E-state index in [0.29, 0.717) is 16.3 Å². The van der Waals surface area contributed by atoms with Gasteiger partial charge in [-0.3, -0.25) is 4.79 Å². The number of halogens is 4. The van der Waals surface area contributed by atoms with E-state index in [-0.39, 0.29) is 12.2 Å². The molecule has 3 rings (SSSR count). The first-order valence-electron chi connectivity index (χ1n) is 8.89. The van der Waals surface area contributed by atoms with E-state index in [1.165, 1.54) is 19.2 Å². The topological polar surface area (TPSA) is 80.2 Å². The van der Waals surface area contributed by atoms with Crippen LogP contribution in [0.2, 0.25) is 5.02 Å². The zero-order valence-electron chi connectivity index (χ0n) is 16.4. The van der Waals surface area contributed by atoms with E-state index in [9.17, 15) is 22.8 Å². The van der Waals surface area contributed by atoms with Crippen molar-refractivity contribution in [3.05, 3.63) is 59.1 Å². The monoisotopic (exact) mass is 455 g/mol. The molecule has 1 atom stereocenters. The standard InChI is InChI=1S/C20H17ClF3N3O4/c1-19(17(28)30-2)11-27(26-16(19)12-3-5-13(21)6-4-12)18(29)25-14-7-9-15(10-8-14)31-20(22,23)24/h3-10H,11H2,1-2H3,(H,25,29). The van der Waals surface area contributed by atoms with Crippen molar-refractivity contribution in [2.45, 2.75) is 13.3 Å². The number of amides is 2. The summed E-state index contributed by atoms with van der Waals surface area (Å²) in [5.74, 6) is -1.00. The van der Waals surface area contributed by atoms with Gasteiger partial charge in [-0.15, -0.1) is 13.2 Å². The van der Waals surface area contributed by atoms with E-state index in [2.05, 4.69) is 15.2 Å². The highest BCUT2D eigenvalue weighted by molar-refractivity contribution is 6.30. The fraction of sp³-hybridized carbons (Fsp3) is 0.250. The molecule has 1 heterocycles. The van der Waals surface area contributed by atoms with Gasteiger partial charge in [0.15, 0.2) is 0 Å². The Bertz CT molecular complexity index is 1010. The summed E-state index contributed by atoms with van der Waals surface area (Å²) >= 11 is 5.92. The molecule has 0 bridgehead atoms. The zero-order valence-corrected chi connectivity index (χ0v) is 17.1. The van der Waals surface area contributed by atoms with Gasteiger partial charge in [-0.2, -0.15) is 5.10 Å². The summed E-state index contributed by atoms with van der Waals surface area (Å²) in [6.07, 6.45) is -4.81. The van der Waals surface area contributed by atoms with Gasteiger partial charge in [0, 0.05) is 10.7 Å². The minimum Gasteiger partial charge on any atom is -0.468 e. The molecule has 2 aromatic carbocycles. The van der Waals surface area contributed by atoms with Gasteiger partial charge in [0.05, 0.1) is 19.4 Å². The number of hydrogen-bond donors (Lipinski definition) is 1. The second-order valence-electron chi connectivity index (χ2n) is 6.84. The van der Waals surface area contributed by atoms with Crippen LogP contribution >= 0.6 is 11.6 Å². The molecule has 2 aromatic rings. The van der Waals surface area contributed by atoms with Crippen molar-refractivity contribution in [3.63, 3.8) is 0 Å². The van der Waals surface area contributed by atoms with Gasteiger partial charge in [-0.05, 0) is 48.9 Å². The van der Waals surface area contributed by atoms with E-state index in [1.807, 2.05) is 0 Å². The van der Waals surface area contributed by atoms with Crippen molar-refractivity contribution in [2.75, 3.05) is 19.0 Å². The van der Waals surface area contributed by atoms with Gasteiger partial charge in [0.1, 0.15) is 11.2 Å². The lowest BCUT2D eigenvalue weighted by Crippen LogP contribution is -2.42. The fourth-order valence-corrected chi connectivity index (χ4v) is 3.18. The number of nitrogens with zero attached hydrogens (tertiary/aromatic N) is 2. The maximum atomic E-state index is 12.7. The molecule has 0 saturated carbocycles. The summed E-state index contributed by atoms with van der Waals surface area (Å²) in [4.78, 5) is 25.2. The third-order valence-corrected chi connectivity index (χ3v) is 4.79. The van der Waals surface area contributed by atoms with Crippen LogP contribution in [0.4, 0.5) is 23.7 Å². The first-order valence-corrected chi connectivity index (χ1v) is 9.27. The zero-order chi connectivity index (χ0) is 22.8. The molecule has 7 nitrogen and oxygen atoms in total. The van der Waals surface area contributed by atoms with E-state index in [0.717, 1.165) is 17.1 Å². The highest BCUT2D eigenvalue weighted by Gasteiger charge is 2.48. The number of benzene rings is 2. The van der Waals surface area contributed by atoms with Crippen LogP contribution in [0.5, 0.6) is 5.75 Å². The molecule has 1 unspecified atom stereocenters. The van der Waals surface area contributed by atoms with Crippen LogP contribution in [0.1, 0.15) is 12.5 Å². The number of methoxy groups -OCH3 is 1. The van der Waals surface area contributed by atoms with Crippen LogP contribution in [-0.2, 0) is 9.53 Å².